The van der Waals surface area contributed by atoms with Gasteiger partial charge in [0.05, 0.1) is 16.7 Å². The van der Waals surface area contributed by atoms with Crippen molar-refractivity contribution in [1.82, 2.24) is 10.2 Å². The Morgan fingerprint density at radius 2 is 1.80 bits per heavy atom. The Kier molecular flexibility index (Phi) is 4.38. The van der Waals surface area contributed by atoms with Gasteiger partial charge in [0, 0.05) is 25.7 Å². The molecule has 0 saturated heterocycles. The number of carbonyl (C=O) groups is 2. The molecular weight excluding hydrogens is 316 g/mol. The normalized spacial score (nSPS) is 28.0. The smallest absolute Gasteiger partial charge is 0.261 e. The maximum absolute atomic E-state index is 12.7. The maximum Gasteiger partial charge on any atom is 0.261 e. The third-order valence-electron chi connectivity index (χ3n) is 6.25. The van der Waals surface area contributed by atoms with Gasteiger partial charge in [0.25, 0.3) is 11.8 Å². The minimum absolute atomic E-state index is 0.00136. The molecule has 134 valence electrons. The maximum atomic E-state index is 12.7. The molecule has 0 bridgehead atoms. The van der Waals surface area contributed by atoms with Crippen molar-refractivity contribution in [2.75, 3.05) is 13.7 Å². The fourth-order valence-electron chi connectivity index (χ4n) is 4.48. The molecule has 2 fully saturated rings. The molecule has 1 aromatic carbocycles. The van der Waals surface area contributed by atoms with E-state index in [1.165, 1.54) is 11.3 Å². The first-order valence-electron chi connectivity index (χ1n) is 9.39. The molecule has 0 aromatic heterocycles. The lowest BCUT2D eigenvalue weighted by molar-refractivity contribution is -0.0717. The average molecular weight is 342 g/mol. The number of amides is 2. The second-order valence-electron chi connectivity index (χ2n) is 7.66. The van der Waals surface area contributed by atoms with E-state index in [0.29, 0.717) is 17.2 Å². The van der Waals surface area contributed by atoms with Gasteiger partial charge in [-0.05, 0) is 57.1 Å². The molecule has 1 aliphatic heterocycles. The van der Waals surface area contributed by atoms with Crippen LogP contribution in [0.15, 0.2) is 24.3 Å². The van der Waals surface area contributed by atoms with Gasteiger partial charge in [-0.2, -0.15) is 0 Å². The summed E-state index contributed by atoms with van der Waals surface area (Å²) in [5.41, 5.74) is 1.11. The Bertz CT molecular complexity index is 643. The standard InChI is InChI=1S/C20H26N2O3/c1-25-20(10-5-11-20)13-21-14-6-4-7-15(12-14)22-18(23)16-8-2-3-9-17(16)19(22)24/h2-3,8-9,14-15,21H,4-7,10-13H2,1H3. The molecule has 2 atom stereocenters. The van der Waals surface area contributed by atoms with Crippen LogP contribution in [0, 0.1) is 0 Å². The Morgan fingerprint density at radius 3 is 2.36 bits per heavy atom. The minimum atomic E-state index is -0.126. The molecule has 5 nitrogen and oxygen atoms in total. The van der Waals surface area contributed by atoms with E-state index < -0.39 is 0 Å². The van der Waals surface area contributed by atoms with Gasteiger partial charge in [-0.25, -0.2) is 0 Å². The van der Waals surface area contributed by atoms with Crippen molar-refractivity contribution < 1.29 is 14.3 Å². The van der Waals surface area contributed by atoms with E-state index in [1.54, 1.807) is 19.2 Å². The number of benzene rings is 1. The zero-order chi connectivity index (χ0) is 17.4. The number of carbonyl (C=O) groups excluding carboxylic acids is 2. The van der Waals surface area contributed by atoms with Crippen molar-refractivity contribution in [3.63, 3.8) is 0 Å². The number of imide groups is 1. The Hall–Kier alpha value is -1.72. The van der Waals surface area contributed by atoms with Crippen molar-refractivity contribution >= 4 is 11.8 Å². The van der Waals surface area contributed by atoms with Crippen LogP contribution < -0.4 is 5.32 Å². The Labute approximate surface area is 148 Å². The molecule has 0 radical (unpaired) electrons. The van der Waals surface area contributed by atoms with Gasteiger partial charge >= 0.3 is 0 Å². The van der Waals surface area contributed by atoms with Crippen LogP contribution in [-0.2, 0) is 4.74 Å². The summed E-state index contributed by atoms with van der Waals surface area (Å²) < 4.78 is 5.69. The molecule has 2 saturated carbocycles. The molecule has 1 aromatic rings. The summed E-state index contributed by atoms with van der Waals surface area (Å²) in [6, 6.07) is 7.50. The summed E-state index contributed by atoms with van der Waals surface area (Å²) in [6.07, 6.45) is 7.34. The zero-order valence-electron chi connectivity index (χ0n) is 14.8. The van der Waals surface area contributed by atoms with Crippen LogP contribution in [0.3, 0.4) is 0 Å². The first-order valence-corrected chi connectivity index (χ1v) is 9.39. The SMILES string of the molecule is COC1(CNC2CCCC(N3C(=O)c4ccccc4C3=O)C2)CCC1. The van der Waals surface area contributed by atoms with E-state index in [2.05, 4.69) is 5.32 Å². The van der Waals surface area contributed by atoms with Crippen molar-refractivity contribution in [2.24, 2.45) is 0 Å². The van der Waals surface area contributed by atoms with Gasteiger partial charge in [0.15, 0.2) is 0 Å². The molecule has 4 rings (SSSR count). The quantitative estimate of drug-likeness (QED) is 0.836. The average Bonchev–Trinajstić information content (AvgIpc) is 2.86. The van der Waals surface area contributed by atoms with Crippen LogP contribution >= 0.6 is 0 Å². The molecule has 2 unspecified atom stereocenters. The predicted octanol–water partition coefficient (Wildman–Crippen LogP) is 2.75. The fourth-order valence-corrected chi connectivity index (χ4v) is 4.48. The van der Waals surface area contributed by atoms with Crippen LogP contribution in [0.4, 0.5) is 0 Å². The number of hydrogen-bond acceptors (Lipinski definition) is 4. The third kappa shape index (κ3) is 2.89. The highest BCUT2D eigenvalue weighted by Gasteiger charge is 2.42. The van der Waals surface area contributed by atoms with E-state index in [0.717, 1.165) is 45.1 Å². The lowest BCUT2D eigenvalue weighted by atomic mass is 9.79. The first-order chi connectivity index (χ1) is 12.1. The highest BCUT2D eigenvalue weighted by Crippen LogP contribution is 2.35. The number of fused-ring (bicyclic) bond motifs is 1. The number of hydrogen-bond donors (Lipinski definition) is 1. The van der Waals surface area contributed by atoms with E-state index >= 15 is 0 Å². The highest BCUT2D eigenvalue weighted by molar-refractivity contribution is 6.21. The summed E-state index contributed by atoms with van der Waals surface area (Å²) in [6.45, 7) is 0.864. The fraction of sp³-hybridized carbons (Fsp3) is 0.600. The van der Waals surface area contributed by atoms with Crippen molar-refractivity contribution in [1.29, 1.82) is 0 Å². The topological polar surface area (TPSA) is 58.6 Å². The predicted molar refractivity (Wildman–Crippen MR) is 94.6 cm³/mol. The van der Waals surface area contributed by atoms with E-state index in [-0.39, 0.29) is 23.5 Å². The largest absolute Gasteiger partial charge is 0.377 e. The molecule has 5 heteroatoms. The third-order valence-corrected chi connectivity index (χ3v) is 6.25. The van der Waals surface area contributed by atoms with Crippen LogP contribution in [0.2, 0.25) is 0 Å². The number of methoxy groups -OCH3 is 1. The summed E-state index contributed by atoms with van der Waals surface area (Å²) in [5.74, 6) is -0.253. The van der Waals surface area contributed by atoms with Crippen molar-refractivity contribution in [3.8, 4) is 0 Å². The van der Waals surface area contributed by atoms with Crippen LogP contribution in [0.1, 0.15) is 65.7 Å². The Balaban J connectivity index is 1.42. The van der Waals surface area contributed by atoms with Gasteiger partial charge in [-0.3, -0.25) is 14.5 Å². The van der Waals surface area contributed by atoms with Crippen LogP contribution in [0.25, 0.3) is 0 Å². The van der Waals surface area contributed by atoms with E-state index in [4.69, 9.17) is 4.74 Å². The summed E-state index contributed by atoms with van der Waals surface area (Å²) in [4.78, 5) is 26.9. The summed E-state index contributed by atoms with van der Waals surface area (Å²) in [7, 11) is 1.79. The Morgan fingerprint density at radius 1 is 1.12 bits per heavy atom. The lowest BCUT2D eigenvalue weighted by Crippen LogP contribution is -2.53. The molecule has 3 aliphatic rings. The van der Waals surface area contributed by atoms with Gasteiger partial charge < -0.3 is 10.1 Å². The second kappa shape index (κ2) is 6.54. The lowest BCUT2D eigenvalue weighted by Gasteiger charge is -2.43. The monoisotopic (exact) mass is 342 g/mol. The van der Waals surface area contributed by atoms with Crippen molar-refractivity contribution in [2.45, 2.75) is 62.6 Å². The molecule has 2 amide bonds. The molecule has 2 aliphatic carbocycles. The molecule has 1 N–H and O–H groups in total. The van der Waals surface area contributed by atoms with Crippen LogP contribution in [-0.4, -0.2) is 48.1 Å². The summed E-state index contributed by atoms with van der Waals surface area (Å²) >= 11 is 0. The van der Waals surface area contributed by atoms with E-state index in [1.807, 2.05) is 12.1 Å². The van der Waals surface area contributed by atoms with Crippen LogP contribution in [0.5, 0.6) is 0 Å². The molecule has 25 heavy (non-hydrogen) atoms. The van der Waals surface area contributed by atoms with Crippen molar-refractivity contribution in [3.05, 3.63) is 35.4 Å². The van der Waals surface area contributed by atoms with Gasteiger partial charge in [0.2, 0.25) is 0 Å². The summed E-state index contributed by atoms with van der Waals surface area (Å²) in [5, 5.41) is 3.65. The van der Waals surface area contributed by atoms with Gasteiger partial charge in [0.1, 0.15) is 0 Å². The number of ether oxygens (including phenoxy) is 1. The number of nitrogens with one attached hydrogen (secondary N) is 1. The van der Waals surface area contributed by atoms with Gasteiger partial charge in [-0.15, -0.1) is 0 Å². The van der Waals surface area contributed by atoms with E-state index in [9.17, 15) is 9.59 Å². The second-order valence-corrected chi connectivity index (χ2v) is 7.66. The molecular formula is C20H26N2O3. The molecule has 0 spiro atoms. The highest BCUT2D eigenvalue weighted by atomic mass is 16.5. The number of rotatable bonds is 5. The minimum Gasteiger partial charge on any atom is -0.377 e. The molecule has 1 heterocycles. The number of nitrogens with zero attached hydrogens (tertiary/aromatic N) is 1. The zero-order valence-corrected chi connectivity index (χ0v) is 14.8. The van der Waals surface area contributed by atoms with Gasteiger partial charge in [-0.1, -0.05) is 12.1 Å². The first kappa shape index (κ1) is 16.7.